The molecule has 0 fully saturated rings. The summed E-state index contributed by atoms with van der Waals surface area (Å²) in [5.74, 6) is -0.0783. The number of benzene rings is 3. The normalized spacial score (nSPS) is 21.3. The van der Waals surface area contributed by atoms with Gasteiger partial charge < -0.3 is 4.90 Å². The summed E-state index contributed by atoms with van der Waals surface area (Å²) >= 11 is 6.68. The Morgan fingerprint density at radius 2 is 1.41 bits per heavy atom. The molecule has 3 aromatic carbocycles. The van der Waals surface area contributed by atoms with Gasteiger partial charge in [0.15, 0.2) is 0 Å². The Bertz CT molecular complexity index is 1020. The molecule has 148 valence electrons. The standard InChI is InChI=1S/C26H26ClNO/c1-25(2)18-26(3,20-14-8-5-9-15-20)21-16-10-11-17-22(21)28(25)24(29)23(27)19-12-6-4-7-13-19/h4-17,23H,18H2,1-3H3/t23-,26+/m1/s1. The molecule has 0 saturated heterocycles. The van der Waals surface area contributed by atoms with Crippen LogP contribution in [0, 0.1) is 0 Å². The number of anilines is 1. The molecule has 2 nitrogen and oxygen atoms in total. The van der Waals surface area contributed by atoms with Crippen molar-refractivity contribution in [2.75, 3.05) is 4.90 Å². The molecule has 0 N–H and O–H groups in total. The zero-order valence-electron chi connectivity index (χ0n) is 17.1. The number of hydrogen-bond acceptors (Lipinski definition) is 1. The molecule has 1 amide bonds. The first-order chi connectivity index (χ1) is 13.8. The molecule has 1 aliphatic heterocycles. The van der Waals surface area contributed by atoms with Crippen molar-refractivity contribution in [3.63, 3.8) is 0 Å². The van der Waals surface area contributed by atoms with Gasteiger partial charge >= 0.3 is 0 Å². The molecule has 0 radical (unpaired) electrons. The first kappa shape index (κ1) is 19.7. The second kappa shape index (κ2) is 7.35. The molecule has 1 heterocycles. The second-order valence-electron chi connectivity index (χ2n) is 8.65. The van der Waals surface area contributed by atoms with Gasteiger partial charge in [0, 0.05) is 16.6 Å². The number of fused-ring (bicyclic) bond motifs is 1. The third kappa shape index (κ3) is 3.36. The van der Waals surface area contributed by atoms with Gasteiger partial charge in [-0.15, -0.1) is 11.6 Å². The first-order valence-electron chi connectivity index (χ1n) is 10.0. The van der Waals surface area contributed by atoms with E-state index < -0.39 is 10.9 Å². The van der Waals surface area contributed by atoms with Crippen molar-refractivity contribution in [2.24, 2.45) is 0 Å². The summed E-state index contributed by atoms with van der Waals surface area (Å²) in [7, 11) is 0. The van der Waals surface area contributed by atoms with Crippen LogP contribution in [-0.4, -0.2) is 11.4 Å². The van der Waals surface area contributed by atoms with E-state index in [0.717, 1.165) is 23.2 Å². The average Bonchev–Trinajstić information content (AvgIpc) is 2.74. The van der Waals surface area contributed by atoms with E-state index in [-0.39, 0.29) is 11.3 Å². The van der Waals surface area contributed by atoms with Crippen LogP contribution in [0.4, 0.5) is 5.69 Å². The number of hydrogen-bond donors (Lipinski definition) is 0. The lowest BCUT2D eigenvalue weighted by molar-refractivity contribution is -0.119. The molecule has 1 aliphatic rings. The topological polar surface area (TPSA) is 20.3 Å². The lowest BCUT2D eigenvalue weighted by atomic mass is 9.65. The van der Waals surface area contributed by atoms with Crippen LogP contribution >= 0.6 is 11.6 Å². The number of alkyl halides is 1. The number of carbonyl (C=O) groups excluding carboxylic acids is 1. The minimum Gasteiger partial charge on any atom is -0.305 e. The van der Waals surface area contributed by atoms with Crippen molar-refractivity contribution in [2.45, 2.75) is 43.5 Å². The molecule has 3 heteroatoms. The molecule has 0 unspecified atom stereocenters. The van der Waals surface area contributed by atoms with Gasteiger partial charge in [-0.3, -0.25) is 4.79 Å². The van der Waals surface area contributed by atoms with Crippen LogP contribution in [0.3, 0.4) is 0 Å². The molecular weight excluding hydrogens is 378 g/mol. The van der Waals surface area contributed by atoms with E-state index in [1.54, 1.807) is 0 Å². The summed E-state index contributed by atoms with van der Waals surface area (Å²) in [5, 5.41) is -0.718. The van der Waals surface area contributed by atoms with E-state index in [9.17, 15) is 4.79 Å². The zero-order valence-corrected chi connectivity index (χ0v) is 17.9. The van der Waals surface area contributed by atoms with Crippen LogP contribution in [0.2, 0.25) is 0 Å². The second-order valence-corrected chi connectivity index (χ2v) is 9.09. The molecule has 0 saturated carbocycles. The average molecular weight is 404 g/mol. The molecule has 0 aliphatic carbocycles. The van der Waals surface area contributed by atoms with Gasteiger partial charge in [-0.05, 0) is 43.0 Å². The SMILES string of the molecule is CC1(C)C[C@@](C)(c2ccccc2)c2ccccc2N1C(=O)[C@H](Cl)c1ccccc1. The van der Waals surface area contributed by atoms with E-state index in [2.05, 4.69) is 57.2 Å². The van der Waals surface area contributed by atoms with Crippen molar-refractivity contribution >= 4 is 23.2 Å². The lowest BCUT2D eigenvalue weighted by Gasteiger charge is -2.51. The fourth-order valence-electron chi connectivity index (χ4n) is 4.86. The fraction of sp³-hybridized carbons (Fsp3) is 0.269. The summed E-state index contributed by atoms with van der Waals surface area (Å²) in [4.78, 5) is 15.5. The highest BCUT2D eigenvalue weighted by Gasteiger charge is 2.48. The number of rotatable bonds is 3. The Morgan fingerprint density at radius 1 is 0.862 bits per heavy atom. The quantitative estimate of drug-likeness (QED) is 0.458. The van der Waals surface area contributed by atoms with E-state index in [0.29, 0.717) is 0 Å². The van der Waals surface area contributed by atoms with Crippen molar-refractivity contribution in [1.82, 2.24) is 0 Å². The van der Waals surface area contributed by atoms with E-state index in [1.165, 1.54) is 5.56 Å². The van der Waals surface area contributed by atoms with Crippen molar-refractivity contribution in [3.05, 3.63) is 102 Å². The third-order valence-electron chi connectivity index (χ3n) is 6.07. The number of para-hydroxylation sites is 1. The molecule has 2 atom stereocenters. The van der Waals surface area contributed by atoms with Gasteiger partial charge in [-0.1, -0.05) is 85.8 Å². The van der Waals surface area contributed by atoms with Gasteiger partial charge in [-0.2, -0.15) is 0 Å². The first-order valence-corrected chi connectivity index (χ1v) is 10.5. The van der Waals surface area contributed by atoms with Crippen LogP contribution in [-0.2, 0) is 10.2 Å². The van der Waals surface area contributed by atoms with Gasteiger partial charge in [0.25, 0.3) is 0 Å². The zero-order chi connectivity index (χ0) is 20.6. The fourth-order valence-corrected chi connectivity index (χ4v) is 5.10. The predicted molar refractivity (Wildman–Crippen MR) is 121 cm³/mol. The number of amides is 1. The molecule has 0 aromatic heterocycles. The summed E-state index contributed by atoms with van der Waals surface area (Å²) < 4.78 is 0. The van der Waals surface area contributed by atoms with Gasteiger partial charge in [0.1, 0.15) is 5.38 Å². The predicted octanol–water partition coefficient (Wildman–Crippen LogP) is 6.49. The third-order valence-corrected chi connectivity index (χ3v) is 6.51. The minimum absolute atomic E-state index is 0.0783. The summed E-state index contributed by atoms with van der Waals surface area (Å²) in [5.41, 5.74) is 3.62. The highest BCUT2D eigenvalue weighted by atomic mass is 35.5. The van der Waals surface area contributed by atoms with Gasteiger partial charge in [0.2, 0.25) is 5.91 Å². The molecule has 0 spiro atoms. The number of carbonyl (C=O) groups is 1. The maximum Gasteiger partial charge on any atom is 0.250 e. The van der Waals surface area contributed by atoms with Crippen molar-refractivity contribution in [3.8, 4) is 0 Å². The highest BCUT2D eigenvalue weighted by Crippen LogP contribution is 2.51. The maximum absolute atomic E-state index is 13.6. The Kier molecular flexibility index (Phi) is 5.00. The lowest BCUT2D eigenvalue weighted by Crippen LogP contribution is -2.56. The number of halogens is 1. The van der Waals surface area contributed by atoms with Gasteiger partial charge in [0.05, 0.1) is 0 Å². The van der Waals surface area contributed by atoms with Crippen LogP contribution in [0.25, 0.3) is 0 Å². The van der Waals surface area contributed by atoms with Crippen LogP contribution in [0.1, 0.15) is 49.3 Å². The van der Waals surface area contributed by atoms with E-state index >= 15 is 0 Å². The maximum atomic E-state index is 13.6. The molecular formula is C26H26ClNO. The largest absolute Gasteiger partial charge is 0.305 e. The number of nitrogens with zero attached hydrogens (tertiary/aromatic N) is 1. The van der Waals surface area contributed by atoms with Crippen molar-refractivity contribution in [1.29, 1.82) is 0 Å². The van der Waals surface area contributed by atoms with Crippen LogP contribution in [0.5, 0.6) is 0 Å². The van der Waals surface area contributed by atoms with Crippen LogP contribution in [0.15, 0.2) is 84.9 Å². The molecule has 4 rings (SSSR count). The van der Waals surface area contributed by atoms with E-state index in [4.69, 9.17) is 11.6 Å². The summed E-state index contributed by atoms with van der Waals surface area (Å²) in [6, 6.07) is 28.4. The molecule has 0 bridgehead atoms. The molecule has 29 heavy (non-hydrogen) atoms. The van der Waals surface area contributed by atoms with Crippen molar-refractivity contribution < 1.29 is 4.79 Å². The summed E-state index contributed by atoms with van der Waals surface area (Å²) in [6.45, 7) is 6.55. The Labute approximate surface area is 178 Å². The summed E-state index contributed by atoms with van der Waals surface area (Å²) in [6.07, 6.45) is 0.811. The Balaban J connectivity index is 1.83. The molecule has 3 aromatic rings. The highest BCUT2D eigenvalue weighted by molar-refractivity contribution is 6.33. The van der Waals surface area contributed by atoms with Crippen LogP contribution < -0.4 is 4.90 Å². The Morgan fingerprint density at radius 3 is 2.07 bits per heavy atom. The van der Waals surface area contributed by atoms with E-state index in [1.807, 2.05) is 53.4 Å². The van der Waals surface area contributed by atoms with Gasteiger partial charge in [-0.25, -0.2) is 0 Å². The smallest absolute Gasteiger partial charge is 0.250 e. The Hall–Kier alpha value is -2.58. The monoisotopic (exact) mass is 403 g/mol. The minimum atomic E-state index is -0.718.